The van der Waals surface area contributed by atoms with Crippen LogP contribution in [0.3, 0.4) is 0 Å². The van der Waals surface area contributed by atoms with Gasteiger partial charge >= 0.3 is 5.97 Å². The lowest BCUT2D eigenvalue weighted by Crippen LogP contribution is -1.97. The number of ether oxygens (including phenoxy) is 1. The normalized spacial score (nSPS) is 10.6. The van der Waals surface area contributed by atoms with Crippen LogP contribution in [0.5, 0.6) is 11.5 Å². The van der Waals surface area contributed by atoms with Gasteiger partial charge in [0.05, 0.1) is 5.56 Å². The number of halogens is 1. The van der Waals surface area contributed by atoms with Crippen molar-refractivity contribution in [1.82, 2.24) is 9.97 Å². The molecule has 0 bridgehead atoms. The lowest BCUT2D eigenvalue weighted by molar-refractivity contribution is 0.0696. The number of rotatable bonds is 5. The molecule has 0 aliphatic rings. The molecule has 0 spiro atoms. The van der Waals surface area contributed by atoms with Gasteiger partial charge in [0, 0.05) is 20.4 Å². The van der Waals surface area contributed by atoms with Crippen molar-refractivity contribution >= 4 is 40.3 Å². The summed E-state index contributed by atoms with van der Waals surface area (Å²) in [7, 11) is 0. The van der Waals surface area contributed by atoms with Crippen LogP contribution >= 0.6 is 34.4 Å². The molecule has 1 heterocycles. The largest absolute Gasteiger partial charge is 0.478 e. The molecule has 0 radical (unpaired) electrons. The highest BCUT2D eigenvalue weighted by atomic mass is 127. The van der Waals surface area contributed by atoms with E-state index < -0.39 is 5.97 Å². The predicted molar refractivity (Wildman–Crippen MR) is 100 cm³/mol. The maximum absolute atomic E-state index is 11.4. The summed E-state index contributed by atoms with van der Waals surface area (Å²) >= 11 is 3.57. The highest BCUT2D eigenvalue weighted by molar-refractivity contribution is 14.1. The van der Waals surface area contributed by atoms with Gasteiger partial charge in [-0.15, -0.1) is 0 Å². The molecule has 0 aliphatic heterocycles. The fraction of sp³-hybridized carbons (Fsp3) is 0.0588. The molecule has 122 valence electrons. The maximum atomic E-state index is 11.4. The van der Waals surface area contributed by atoms with Crippen molar-refractivity contribution in [3.8, 4) is 11.5 Å². The first-order valence-electron chi connectivity index (χ1n) is 7.01. The van der Waals surface area contributed by atoms with Crippen LogP contribution in [0.1, 0.15) is 16.1 Å². The van der Waals surface area contributed by atoms with Crippen molar-refractivity contribution < 1.29 is 14.6 Å². The van der Waals surface area contributed by atoms with Crippen LogP contribution in [0.15, 0.2) is 58.7 Å². The van der Waals surface area contributed by atoms with Gasteiger partial charge in [-0.3, -0.25) is 0 Å². The van der Waals surface area contributed by atoms with Crippen molar-refractivity contribution in [1.29, 1.82) is 0 Å². The average Bonchev–Trinajstić information content (AvgIpc) is 2.94. The van der Waals surface area contributed by atoms with E-state index in [4.69, 9.17) is 4.74 Å². The van der Waals surface area contributed by atoms with Crippen LogP contribution in [-0.2, 0) is 0 Å². The number of hydrogen-bond acceptors (Lipinski definition) is 4. The summed E-state index contributed by atoms with van der Waals surface area (Å²) in [5.74, 6) is 0.130. The molecule has 0 fully saturated rings. The van der Waals surface area contributed by atoms with E-state index in [1.165, 1.54) is 17.8 Å². The summed E-state index contributed by atoms with van der Waals surface area (Å²) in [4.78, 5) is 19.4. The summed E-state index contributed by atoms with van der Waals surface area (Å²) in [6, 6.07) is 12.5. The first-order valence-corrected chi connectivity index (χ1v) is 8.90. The Morgan fingerprint density at radius 1 is 1.21 bits per heavy atom. The number of hydrogen-bond donors (Lipinski definition) is 2. The Morgan fingerprint density at radius 3 is 2.58 bits per heavy atom. The number of H-pyrrole nitrogens is 1. The Kier molecular flexibility index (Phi) is 5.10. The van der Waals surface area contributed by atoms with Crippen LogP contribution in [0, 0.1) is 10.5 Å². The van der Waals surface area contributed by atoms with Gasteiger partial charge in [-0.25, -0.2) is 9.78 Å². The third kappa shape index (κ3) is 4.30. The third-order valence-electron chi connectivity index (χ3n) is 3.07. The van der Waals surface area contributed by atoms with E-state index in [1.807, 2.05) is 31.2 Å². The quantitative estimate of drug-likeness (QED) is 0.535. The number of benzene rings is 2. The SMILES string of the molecule is Cc1cnc(Sc2cc(Oc3ccc(I)cc3)cc(C(=O)O)c2)[nH]1. The molecule has 3 rings (SSSR count). The van der Waals surface area contributed by atoms with Gasteiger partial charge in [-0.2, -0.15) is 0 Å². The summed E-state index contributed by atoms with van der Waals surface area (Å²) in [5.41, 5.74) is 1.12. The van der Waals surface area contributed by atoms with Crippen LogP contribution < -0.4 is 4.74 Å². The smallest absolute Gasteiger partial charge is 0.335 e. The van der Waals surface area contributed by atoms with Gasteiger partial charge in [0.1, 0.15) is 11.5 Å². The summed E-state index contributed by atoms with van der Waals surface area (Å²) in [6.07, 6.45) is 1.73. The van der Waals surface area contributed by atoms with Crippen LogP contribution in [0.25, 0.3) is 0 Å². The fourth-order valence-corrected chi connectivity index (χ4v) is 3.27. The lowest BCUT2D eigenvalue weighted by atomic mass is 10.2. The van der Waals surface area contributed by atoms with E-state index in [0.29, 0.717) is 16.7 Å². The second kappa shape index (κ2) is 7.27. The third-order valence-corrected chi connectivity index (χ3v) is 4.66. The highest BCUT2D eigenvalue weighted by Gasteiger charge is 2.11. The molecule has 7 heteroatoms. The molecule has 0 unspecified atom stereocenters. The monoisotopic (exact) mass is 452 g/mol. The number of aromatic nitrogens is 2. The predicted octanol–water partition coefficient (Wildman–Crippen LogP) is 4.96. The van der Waals surface area contributed by atoms with E-state index in [0.717, 1.165) is 14.2 Å². The first kappa shape index (κ1) is 16.8. The summed E-state index contributed by atoms with van der Waals surface area (Å²) in [6.45, 7) is 1.91. The molecule has 3 aromatic rings. The molecule has 24 heavy (non-hydrogen) atoms. The topological polar surface area (TPSA) is 75.2 Å². The molecule has 0 saturated heterocycles. The second-order valence-corrected chi connectivity index (χ2v) is 7.34. The standard InChI is InChI=1S/C17H13IN2O3S/c1-10-9-19-17(20-10)24-15-7-11(16(21)22)6-14(8-15)23-13-4-2-12(18)3-5-13/h2-9H,1H3,(H,19,20)(H,21,22). The van der Waals surface area contributed by atoms with Crippen molar-refractivity contribution in [2.45, 2.75) is 17.0 Å². The summed E-state index contributed by atoms with van der Waals surface area (Å²) < 4.78 is 6.90. The summed E-state index contributed by atoms with van der Waals surface area (Å²) in [5, 5.41) is 10.0. The zero-order chi connectivity index (χ0) is 17.1. The number of carboxylic acid groups (broad SMARTS) is 1. The zero-order valence-corrected chi connectivity index (χ0v) is 15.6. The fourth-order valence-electron chi connectivity index (χ4n) is 2.00. The molecule has 0 aliphatic carbocycles. The number of aromatic carboxylic acids is 1. The van der Waals surface area contributed by atoms with Crippen molar-refractivity contribution in [2.75, 3.05) is 0 Å². The molecule has 2 aromatic carbocycles. The number of imidazole rings is 1. The molecule has 1 aromatic heterocycles. The van der Waals surface area contributed by atoms with Gasteiger partial charge in [0.25, 0.3) is 0 Å². The van der Waals surface area contributed by atoms with E-state index in [9.17, 15) is 9.90 Å². The molecule has 0 atom stereocenters. The number of nitrogens with one attached hydrogen (secondary N) is 1. The zero-order valence-electron chi connectivity index (χ0n) is 12.6. The Morgan fingerprint density at radius 2 is 1.96 bits per heavy atom. The van der Waals surface area contributed by atoms with Crippen LogP contribution in [0.2, 0.25) is 0 Å². The van der Waals surface area contributed by atoms with Crippen LogP contribution in [0.4, 0.5) is 0 Å². The van der Waals surface area contributed by atoms with E-state index in [1.54, 1.807) is 18.3 Å². The van der Waals surface area contributed by atoms with E-state index in [2.05, 4.69) is 32.6 Å². The molecular formula is C17H13IN2O3S. The van der Waals surface area contributed by atoms with Gasteiger partial charge in [-0.05, 0) is 72.0 Å². The minimum atomic E-state index is -1.000. The van der Waals surface area contributed by atoms with Gasteiger partial charge < -0.3 is 14.8 Å². The Balaban J connectivity index is 1.90. The molecule has 2 N–H and O–H groups in total. The van der Waals surface area contributed by atoms with E-state index in [-0.39, 0.29) is 5.56 Å². The molecular weight excluding hydrogens is 439 g/mol. The van der Waals surface area contributed by atoms with E-state index >= 15 is 0 Å². The maximum Gasteiger partial charge on any atom is 0.335 e. The highest BCUT2D eigenvalue weighted by Crippen LogP contribution is 2.32. The number of carboxylic acids is 1. The van der Waals surface area contributed by atoms with Crippen molar-refractivity contribution in [2.24, 2.45) is 0 Å². The second-order valence-electron chi connectivity index (χ2n) is 5.03. The lowest BCUT2D eigenvalue weighted by Gasteiger charge is -2.09. The van der Waals surface area contributed by atoms with Gasteiger partial charge in [0.15, 0.2) is 5.16 Å². The Bertz CT molecular complexity index is 878. The van der Waals surface area contributed by atoms with Gasteiger partial charge in [0.2, 0.25) is 0 Å². The van der Waals surface area contributed by atoms with Crippen LogP contribution in [-0.4, -0.2) is 21.0 Å². The van der Waals surface area contributed by atoms with Crippen molar-refractivity contribution in [3.05, 3.63) is 63.5 Å². The molecule has 0 saturated carbocycles. The molecule has 0 amide bonds. The number of carbonyl (C=O) groups is 1. The minimum absolute atomic E-state index is 0.170. The Hall–Kier alpha value is -2.00. The number of nitrogens with zero attached hydrogens (tertiary/aromatic N) is 1. The Labute approximate surface area is 156 Å². The number of aryl methyl sites for hydroxylation is 1. The number of aromatic amines is 1. The van der Waals surface area contributed by atoms with Crippen molar-refractivity contribution in [3.63, 3.8) is 0 Å². The first-order chi connectivity index (χ1) is 11.5. The molecule has 5 nitrogen and oxygen atoms in total. The minimum Gasteiger partial charge on any atom is -0.478 e. The average molecular weight is 452 g/mol. The van der Waals surface area contributed by atoms with Gasteiger partial charge in [-0.1, -0.05) is 11.8 Å².